The van der Waals surface area contributed by atoms with Gasteiger partial charge in [0.25, 0.3) is 0 Å². The van der Waals surface area contributed by atoms with Crippen LogP contribution in [0.25, 0.3) is 22.0 Å². The lowest BCUT2D eigenvalue weighted by atomic mass is 9.73. The first kappa shape index (κ1) is 31.7. The van der Waals surface area contributed by atoms with Crippen LogP contribution >= 0.6 is 0 Å². The molecule has 0 bridgehead atoms. The summed E-state index contributed by atoms with van der Waals surface area (Å²) >= 11 is 0. The van der Waals surface area contributed by atoms with Crippen LogP contribution in [0.3, 0.4) is 0 Å². The molecule has 5 heterocycles. The van der Waals surface area contributed by atoms with Gasteiger partial charge in [0.05, 0.1) is 18.3 Å². The average Bonchev–Trinajstić information content (AvgIpc) is 3.67. The van der Waals surface area contributed by atoms with E-state index in [4.69, 9.17) is 14.8 Å². The normalized spacial score (nSPS) is 21.9. The number of hydrogen-bond donors (Lipinski definition) is 0. The van der Waals surface area contributed by atoms with Gasteiger partial charge >= 0.3 is 6.61 Å². The maximum absolute atomic E-state index is 12.6. The SMILES string of the molecule is Cc1ccc2c(cnn2C2CCCCO2)c1-c1c(C#N)c(N2CCC3(CN(C(=O)/C=C/COC(F)F)C3)C2)nc2c1CCC(C)(C)C2. The minimum absolute atomic E-state index is 0.0915. The zero-order valence-electron chi connectivity index (χ0n) is 27.4. The van der Waals surface area contributed by atoms with Crippen molar-refractivity contribution in [2.24, 2.45) is 10.8 Å². The molecule has 1 amide bonds. The molecule has 47 heavy (non-hydrogen) atoms. The highest BCUT2D eigenvalue weighted by molar-refractivity contribution is 6.00. The highest BCUT2D eigenvalue weighted by atomic mass is 19.3. The fourth-order valence-electron chi connectivity index (χ4n) is 8.07. The van der Waals surface area contributed by atoms with Crippen LogP contribution < -0.4 is 4.90 Å². The van der Waals surface area contributed by atoms with Gasteiger partial charge in [0, 0.05) is 60.9 Å². The fourth-order valence-corrected chi connectivity index (χ4v) is 8.07. The van der Waals surface area contributed by atoms with Crippen LogP contribution in [0, 0.1) is 29.1 Å². The van der Waals surface area contributed by atoms with Gasteiger partial charge in [-0.3, -0.25) is 4.79 Å². The maximum atomic E-state index is 12.6. The lowest BCUT2D eigenvalue weighted by Gasteiger charge is -2.47. The fraction of sp³-hybridized carbons (Fsp3) is 0.556. The first-order valence-electron chi connectivity index (χ1n) is 16.7. The molecular formula is C36H42F2N6O3. The summed E-state index contributed by atoms with van der Waals surface area (Å²) in [5.74, 6) is 0.521. The zero-order valence-corrected chi connectivity index (χ0v) is 27.4. The average molecular weight is 645 g/mol. The monoisotopic (exact) mass is 644 g/mol. The number of aryl methyl sites for hydroxylation is 1. The summed E-state index contributed by atoms with van der Waals surface area (Å²) in [5.41, 5.74) is 6.98. The molecular weight excluding hydrogens is 602 g/mol. The molecule has 11 heteroatoms. The van der Waals surface area contributed by atoms with Crippen molar-refractivity contribution < 1.29 is 23.0 Å². The van der Waals surface area contributed by atoms with Crippen LogP contribution in [-0.2, 0) is 27.1 Å². The quantitative estimate of drug-likeness (QED) is 0.278. The smallest absolute Gasteiger partial charge is 0.345 e. The first-order valence-corrected chi connectivity index (χ1v) is 16.7. The van der Waals surface area contributed by atoms with E-state index in [0.29, 0.717) is 25.2 Å². The Morgan fingerprint density at radius 3 is 2.79 bits per heavy atom. The minimum atomic E-state index is -2.86. The highest BCUT2D eigenvalue weighted by Gasteiger charge is 2.50. The van der Waals surface area contributed by atoms with Crippen molar-refractivity contribution in [3.05, 3.63) is 52.9 Å². The van der Waals surface area contributed by atoms with Gasteiger partial charge < -0.3 is 19.3 Å². The van der Waals surface area contributed by atoms with E-state index in [0.717, 1.165) is 97.2 Å². The molecule has 1 unspecified atom stereocenters. The number of anilines is 1. The summed E-state index contributed by atoms with van der Waals surface area (Å²) in [6.07, 6.45) is 11.2. The number of aromatic nitrogens is 3. The Bertz CT molecular complexity index is 1760. The number of hydrogen-bond acceptors (Lipinski definition) is 7. The Morgan fingerprint density at radius 1 is 1.21 bits per heavy atom. The summed E-state index contributed by atoms with van der Waals surface area (Å²) in [6.45, 7) is 6.84. The Labute approximate surface area is 274 Å². The number of nitrogens with zero attached hydrogens (tertiary/aromatic N) is 6. The van der Waals surface area contributed by atoms with Crippen molar-refractivity contribution in [3.63, 3.8) is 0 Å². The number of halogens is 2. The third kappa shape index (κ3) is 5.91. The third-order valence-electron chi connectivity index (χ3n) is 10.5. The number of alkyl halides is 2. The second-order valence-corrected chi connectivity index (χ2v) is 14.5. The summed E-state index contributed by atoms with van der Waals surface area (Å²) in [4.78, 5) is 21.9. The van der Waals surface area contributed by atoms with Crippen molar-refractivity contribution in [1.29, 1.82) is 5.26 Å². The van der Waals surface area contributed by atoms with Crippen molar-refractivity contribution in [3.8, 4) is 17.2 Å². The van der Waals surface area contributed by atoms with E-state index in [1.807, 2.05) is 10.9 Å². The Hall–Kier alpha value is -3.88. The number of likely N-dealkylation sites (tertiary alicyclic amines) is 1. The Kier molecular flexibility index (Phi) is 8.29. The van der Waals surface area contributed by atoms with Gasteiger partial charge in [-0.15, -0.1) is 0 Å². The van der Waals surface area contributed by atoms with Crippen molar-refractivity contribution in [2.75, 3.05) is 44.3 Å². The van der Waals surface area contributed by atoms with Gasteiger partial charge in [0.15, 0.2) is 6.23 Å². The lowest BCUT2D eigenvalue weighted by molar-refractivity contribution is -0.137. The zero-order chi connectivity index (χ0) is 32.9. The summed E-state index contributed by atoms with van der Waals surface area (Å²) in [6, 6.07) is 6.86. The van der Waals surface area contributed by atoms with E-state index in [1.165, 1.54) is 17.7 Å². The van der Waals surface area contributed by atoms with Gasteiger partial charge in [-0.1, -0.05) is 26.0 Å². The number of benzene rings is 1. The summed E-state index contributed by atoms with van der Waals surface area (Å²) in [7, 11) is 0. The van der Waals surface area contributed by atoms with Gasteiger partial charge in [0.2, 0.25) is 5.91 Å². The van der Waals surface area contributed by atoms with Crippen molar-refractivity contribution in [1.82, 2.24) is 19.7 Å². The molecule has 0 N–H and O–H groups in total. The van der Waals surface area contributed by atoms with Crippen molar-refractivity contribution in [2.45, 2.75) is 78.6 Å². The van der Waals surface area contributed by atoms with E-state index >= 15 is 0 Å². The Morgan fingerprint density at radius 2 is 2.04 bits per heavy atom. The molecule has 9 nitrogen and oxygen atoms in total. The molecule has 1 spiro atoms. The molecule has 0 radical (unpaired) electrons. The van der Waals surface area contributed by atoms with Crippen LogP contribution in [-0.4, -0.2) is 71.6 Å². The largest absolute Gasteiger partial charge is 0.356 e. The van der Waals surface area contributed by atoms with E-state index in [1.54, 1.807) is 4.90 Å². The molecule has 1 atom stereocenters. The predicted octanol–water partition coefficient (Wildman–Crippen LogP) is 6.33. The predicted molar refractivity (Wildman–Crippen MR) is 174 cm³/mol. The van der Waals surface area contributed by atoms with Gasteiger partial charge in [-0.2, -0.15) is 19.1 Å². The maximum Gasteiger partial charge on any atom is 0.345 e. The summed E-state index contributed by atoms with van der Waals surface area (Å²) in [5, 5.41) is 16.7. The van der Waals surface area contributed by atoms with Gasteiger partial charge in [0.1, 0.15) is 17.5 Å². The lowest BCUT2D eigenvalue weighted by Crippen LogP contribution is -2.59. The number of pyridine rings is 1. The molecule has 1 aromatic carbocycles. The number of carbonyl (C=O) groups excluding carboxylic acids is 1. The van der Waals surface area contributed by atoms with E-state index < -0.39 is 6.61 Å². The number of amides is 1. The van der Waals surface area contributed by atoms with Gasteiger partial charge in [-0.25, -0.2) is 9.67 Å². The molecule has 7 rings (SSSR count). The molecule has 3 aliphatic heterocycles. The van der Waals surface area contributed by atoms with Crippen LogP contribution in [0.2, 0.25) is 0 Å². The molecule has 3 aromatic rings. The topological polar surface area (TPSA) is 96.5 Å². The molecule has 4 aliphatic rings. The van der Waals surface area contributed by atoms with E-state index in [9.17, 15) is 18.8 Å². The molecule has 248 valence electrons. The molecule has 2 aromatic heterocycles. The molecule has 1 aliphatic carbocycles. The van der Waals surface area contributed by atoms with E-state index in [-0.39, 0.29) is 29.6 Å². The number of ether oxygens (including phenoxy) is 2. The second-order valence-electron chi connectivity index (χ2n) is 14.5. The third-order valence-corrected chi connectivity index (χ3v) is 10.5. The van der Waals surface area contributed by atoms with Crippen LogP contribution in [0.15, 0.2) is 30.5 Å². The second kappa shape index (κ2) is 12.3. The highest BCUT2D eigenvalue weighted by Crippen LogP contribution is 2.48. The molecule has 3 fully saturated rings. The standard InChI is InChI=1S/C36H42F2N6O3/c1-23-9-10-28-26(19-40-44(28)30-8-4-5-15-46-30)31(23)32-24-11-12-35(2,3)17-27(24)41-33(25(32)18-39)42-14-13-36(20-42)21-43(22-36)29(45)7-6-16-47-34(37)38/h6-7,9-10,19,30,34H,4-5,8,11-17,20-22H2,1-3H3/b7-6+. The van der Waals surface area contributed by atoms with Crippen LogP contribution in [0.1, 0.15) is 74.6 Å². The van der Waals surface area contributed by atoms with Crippen molar-refractivity contribution >= 4 is 22.6 Å². The van der Waals surface area contributed by atoms with Gasteiger partial charge in [-0.05, 0) is 80.0 Å². The summed E-state index contributed by atoms with van der Waals surface area (Å²) < 4.78 is 36.8. The number of nitriles is 1. The molecule has 3 saturated heterocycles. The van der Waals surface area contributed by atoms with E-state index in [2.05, 4.69) is 48.6 Å². The number of rotatable bonds is 7. The minimum Gasteiger partial charge on any atom is -0.356 e. The Balaban J connectivity index is 1.24. The molecule has 0 saturated carbocycles. The van der Waals surface area contributed by atoms with Crippen LogP contribution in [0.5, 0.6) is 0 Å². The first-order chi connectivity index (χ1) is 22.6. The number of fused-ring (bicyclic) bond motifs is 2. The number of carbonyl (C=O) groups is 1. The van der Waals surface area contributed by atoms with Crippen LogP contribution in [0.4, 0.5) is 14.6 Å².